The van der Waals surface area contributed by atoms with Crippen LogP contribution in [0.3, 0.4) is 0 Å². The molecule has 0 aromatic heterocycles. The number of alkyl halides is 3. The lowest BCUT2D eigenvalue weighted by Gasteiger charge is -2.38. The molecule has 0 bridgehead atoms. The van der Waals surface area contributed by atoms with Crippen LogP contribution < -0.4 is 0 Å². The van der Waals surface area contributed by atoms with Crippen molar-refractivity contribution >= 4 is 46.3 Å². The van der Waals surface area contributed by atoms with Gasteiger partial charge in [0.15, 0.2) is 0 Å². The van der Waals surface area contributed by atoms with Gasteiger partial charge in [-0.1, -0.05) is 62.0 Å². The van der Waals surface area contributed by atoms with Crippen molar-refractivity contribution in [1.29, 1.82) is 0 Å². The van der Waals surface area contributed by atoms with Crippen molar-refractivity contribution in [2.24, 2.45) is 23.7 Å². The largest absolute Gasteiger partial charge is 0.478 e. The molecule has 2 rings (SSSR count). The van der Waals surface area contributed by atoms with Crippen LogP contribution in [0.25, 0.3) is 5.57 Å². The van der Waals surface area contributed by atoms with Crippen LogP contribution >= 0.6 is 34.8 Å². The smallest absolute Gasteiger partial charge is 0.417 e. The van der Waals surface area contributed by atoms with Gasteiger partial charge in [0.25, 0.3) is 0 Å². The lowest BCUT2D eigenvalue weighted by Crippen LogP contribution is -2.33. The first-order valence-corrected chi connectivity index (χ1v) is 10.2. The van der Waals surface area contributed by atoms with Crippen LogP contribution in [-0.2, 0) is 4.79 Å². The van der Waals surface area contributed by atoms with Crippen LogP contribution in [0, 0.1) is 23.7 Å². The second-order valence-corrected chi connectivity index (χ2v) is 8.97. The van der Waals surface area contributed by atoms with E-state index in [-0.39, 0.29) is 38.4 Å². The first-order chi connectivity index (χ1) is 12.8. The van der Waals surface area contributed by atoms with Gasteiger partial charge in [-0.15, -0.1) is 0 Å². The van der Waals surface area contributed by atoms with E-state index in [9.17, 15) is 23.1 Å². The molecular weight excluding hydrogens is 436 g/mol. The number of hydrogen-bond acceptors (Lipinski definition) is 1. The zero-order chi connectivity index (χ0) is 21.4. The highest BCUT2D eigenvalue weighted by Gasteiger charge is 2.45. The van der Waals surface area contributed by atoms with Crippen LogP contribution in [0.1, 0.15) is 45.6 Å². The van der Waals surface area contributed by atoms with Crippen LogP contribution in [0.4, 0.5) is 13.2 Å². The molecule has 0 unspecified atom stereocenters. The Hall–Kier alpha value is -0.910. The fourth-order valence-corrected chi connectivity index (χ4v) is 4.75. The third-order valence-corrected chi connectivity index (χ3v) is 6.65. The van der Waals surface area contributed by atoms with Crippen molar-refractivity contribution in [2.45, 2.75) is 46.2 Å². The molecule has 1 aromatic carbocycles. The molecule has 0 spiro atoms. The molecule has 2 nitrogen and oxygen atoms in total. The molecule has 3 atom stereocenters. The van der Waals surface area contributed by atoms with Crippen LogP contribution in [-0.4, -0.2) is 17.3 Å². The molecule has 0 saturated heterocycles. The summed E-state index contributed by atoms with van der Waals surface area (Å²) in [5.74, 6) is -2.25. The lowest BCUT2D eigenvalue weighted by molar-refractivity contribution is -0.134. The monoisotopic (exact) mass is 456 g/mol. The van der Waals surface area contributed by atoms with Gasteiger partial charge in [0.2, 0.25) is 0 Å². The zero-order valence-electron chi connectivity index (χ0n) is 15.7. The molecule has 28 heavy (non-hydrogen) atoms. The Kier molecular flexibility index (Phi) is 7.38. The topological polar surface area (TPSA) is 37.3 Å². The number of carboxylic acid groups (broad SMARTS) is 1. The van der Waals surface area contributed by atoms with Crippen molar-refractivity contribution in [2.75, 3.05) is 0 Å². The van der Waals surface area contributed by atoms with Gasteiger partial charge in [0.05, 0.1) is 26.2 Å². The van der Waals surface area contributed by atoms with E-state index in [4.69, 9.17) is 34.8 Å². The predicted octanol–water partition coefficient (Wildman–Crippen LogP) is 7.76. The Morgan fingerprint density at radius 2 is 1.68 bits per heavy atom. The van der Waals surface area contributed by atoms with E-state index in [2.05, 4.69) is 0 Å². The average molecular weight is 458 g/mol. The molecule has 1 aliphatic carbocycles. The van der Waals surface area contributed by atoms with Gasteiger partial charge in [-0.25, -0.2) is 4.79 Å². The van der Waals surface area contributed by atoms with E-state index in [1.54, 1.807) is 0 Å². The number of halogens is 6. The fraction of sp³-hybridized carbons (Fsp3) is 0.550. The number of allylic oxidation sites excluding steroid dienone is 1. The molecule has 1 aliphatic rings. The van der Waals surface area contributed by atoms with Crippen molar-refractivity contribution in [3.63, 3.8) is 0 Å². The third-order valence-electron chi connectivity index (χ3n) is 5.45. The Balaban J connectivity index is 2.81. The van der Waals surface area contributed by atoms with E-state index in [0.29, 0.717) is 12.8 Å². The average Bonchev–Trinajstić information content (AvgIpc) is 2.55. The first-order valence-electron chi connectivity index (χ1n) is 9.04. The van der Waals surface area contributed by atoms with E-state index in [1.807, 2.05) is 20.8 Å². The molecular formula is C20H22Cl3F3O2. The summed E-state index contributed by atoms with van der Waals surface area (Å²) in [5, 5.41) is 9.46. The second-order valence-electron chi connectivity index (χ2n) is 7.78. The number of rotatable bonds is 4. The van der Waals surface area contributed by atoms with E-state index < -0.39 is 29.2 Å². The van der Waals surface area contributed by atoms with E-state index in [0.717, 1.165) is 18.6 Å². The Morgan fingerprint density at radius 1 is 1.14 bits per heavy atom. The van der Waals surface area contributed by atoms with E-state index in [1.165, 1.54) is 0 Å². The highest BCUT2D eigenvalue weighted by atomic mass is 35.5. The molecule has 8 heteroatoms. The van der Waals surface area contributed by atoms with Crippen LogP contribution in [0.5, 0.6) is 0 Å². The normalized spacial score (nSPS) is 24.3. The molecule has 1 N–H and O–H groups in total. The summed E-state index contributed by atoms with van der Waals surface area (Å²) < 4.78 is 42.4. The number of hydrogen-bond donors (Lipinski definition) is 1. The minimum absolute atomic E-state index is 0.0544. The number of aliphatic carboxylic acids is 1. The third kappa shape index (κ3) is 4.98. The van der Waals surface area contributed by atoms with Crippen LogP contribution in [0.2, 0.25) is 15.1 Å². The molecule has 1 saturated carbocycles. The fourth-order valence-electron chi connectivity index (χ4n) is 4.16. The van der Waals surface area contributed by atoms with Gasteiger partial charge >= 0.3 is 12.1 Å². The highest BCUT2D eigenvalue weighted by Crippen LogP contribution is 2.48. The van der Waals surface area contributed by atoms with Crippen molar-refractivity contribution in [1.82, 2.24) is 0 Å². The van der Waals surface area contributed by atoms with Gasteiger partial charge in [0, 0.05) is 0 Å². The number of carbonyl (C=O) groups is 1. The Bertz CT molecular complexity index is 764. The maximum Gasteiger partial charge on any atom is 0.417 e. The molecule has 0 radical (unpaired) electrons. The summed E-state index contributed by atoms with van der Waals surface area (Å²) in [6, 6.07) is 2.05. The zero-order valence-corrected chi connectivity index (χ0v) is 18.0. The summed E-state index contributed by atoms with van der Waals surface area (Å²) in [6.07, 6.45) is -2.95. The molecule has 1 aromatic rings. The SMILES string of the molecule is CC(C)[C@@H]1CC[C@@H](C)C[C@H]1/C(C(=O)O)=C(/c1cc(Cl)c(Cl)c(Cl)c1)C(F)(F)F. The van der Waals surface area contributed by atoms with Gasteiger partial charge in [0.1, 0.15) is 0 Å². The van der Waals surface area contributed by atoms with Crippen molar-refractivity contribution in [3.8, 4) is 0 Å². The van der Waals surface area contributed by atoms with Crippen molar-refractivity contribution < 1.29 is 23.1 Å². The summed E-state index contributed by atoms with van der Waals surface area (Å²) in [7, 11) is 0. The summed E-state index contributed by atoms with van der Waals surface area (Å²) >= 11 is 17.7. The van der Waals surface area contributed by atoms with Gasteiger partial charge in [-0.2, -0.15) is 13.2 Å². The minimum Gasteiger partial charge on any atom is -0.478 e. The van der Waals surface area contributed by atoms with E-state index >= 15 is 0 Å². The summed E-state index contributed by atoms with van der Waals surface area (Å²) in [6.45, 7) is 5.76. The lowest BCUT2D eigenvalue weighted by atomic mass is 9.66. The molecule has 1 fully saturated rings. The highest BCUT2D eigenvalue weighted by molar-refractivity contribution is 6.48. The maximum atomic E-state index is 14.1. The first kappa shape index (κ1) is 23.4. The van der Waals surface area contributed by atoms with Crippen LogP contribution in [0.15, 0.2) is 17.7 Å². The molecule has 0 heterocycles. The summed E-state index contributed by atoms with van der Waals surface area (Å²) in [5.41, 5.74) is -2.21. The van der Waals surface area contributed by atoms with Crippen molar-refractivity contribution in [3.05, 3.63) is 38.3 Å². The standard InChI is InChI=1S/C20H22Cl3F3O2/c1-9(2)12-5-4-10(3)6-13(12)16(19(27)28)17(20(24,25)26)11-7-14(21)18(23)15(22)8-11/h7-10,12-13H,4-6H2,1-3H3,(H,27,28)/b17-16+/t10-,12+,13-/m1/s1. The second kappa shape index (κ2) is 8.85. The molecule has 156 valence electrons. The predicted molar refractivity (Wildman–Crippen MR) is 107 cm³/mol. The number of carboxylic acids is 1. The van der Waals surface area contributed by atoms with Gasteiger partial charge in [-0.3, -0.25) is 0 Å². The summed E-state index contributed by atoms with van der Waals surface area (Å²) in [4.78, 5) is 12.1. The maximum absolute atomic E-state index is 14.1. The number of benzene rings is 1. The van der Waals surface area contributed by atoms with Gasteiger partial charge < -0.3 is 5.11 Å². The Labute approximate surface area is 177 Å². The van der Waals surface area contributed by atoms with Gasteiger partial charge in [-0.05, 0) is 54.2 Å². The Morgan fingerprint density at radius 3 is 2.11 bits per heavy atom. The minimum atomic E-state index is -4.89. The molecule has 0 amide bonds. The quantitative estimate of drug-likeness (QED) is 0.370. The molecule has 0 aliphatic heterocycles.